The lowest BCUT2D eigenvalue weighted by molar-refractivity contribution is 0.107. The van der Waals surface area contributed by atoms with E-state index < -0.39 is 23.3 Å². The molecule has 13 heteroatoms. The quantitative estimate of drug-likeness (QED) is 0.296. The van der Waals surface area contributed by atoms with Gasteiger partial charge in [0, 0.05) is 35.8 Å². The number of anilines is 2. The number of halogens is 4. The molecular weight excluding hydrogens is 589 g/mol. The monoisotopic (exact) mass is 614 g/mol. The van der Waals surface area contributed by atoms with Gasteiger partial charge in [-0.3, -0.25) is 4.90 Å². The number of ether oxygens (including phenoxy) is 1. The molecule has 3 N–H and O–H groups in total. The maximum Gasteiger partial charge on any atom is 0.319 e. The maximum atomic E-state index is 16.7. The number of nitrogens with zero attached hydrogens (tertiary/aromatic N) is 5. The molecule has 0 spiro atoms. The van der Waals surface area contributed by atoms with E-state index in [1.807, 2.05) is 11.0 Å². The number of fused-ring (bicyclic) bond motifs is 3. The molecule has 3 atom stereocenters. The summed E-state index contributed by atoms with van der Waals surface area (Å²) in [5.41, 5.74) is 5.67. The van der Waals surface area contributed by atoms with Crippen LogP contribution in [0.3, 0.4) is 0 Å². The second-order valence-corrected chi connectivity index (χ2v) is 12.7. The van der Waals surface area contributed by atoms with E-state index in [9.17, 15) is 19.1 Å². The number of aliphatic hydroxyl groups excluding tert-OH is 1. The first kappa shape index (κ1) is 27.5. The first-order chi connectivity index (χ1) is 20.2. The van der Waals surface area contributed by atoms with Crippen molar-refractivity contribution in [1.29, 1.82) is 5.26 Å². The summed E-state index contributed by atoms with van der Waals surface area (Å²) in [6.45, 7) is 1.77. The van der Waals surface area contributed by atoms with Gasteiger partial charge in [0.15, 0.2) is 5.82 Å². The van der Waals surface area contributed by atoms with E-state index in [0.29, 0.717) is 30.7 Å². The summed E-state index contributed by atoms with van der Waals surface area (Å²) in [7, 11) is 0. The Labute approximate surface area is 248 Å². The van der Waals surface area contributed by atoms with Gasteiger partial charge in [-0.2, -0.15) is 15.2 Å². The maximum absolute atomic E-state index is 16.7. The molecule has 42 heavy (non-hydrogen) atoms. The molecule has 1 unspecified atom stereocenters. The van der Waals surface area contributed by atoms with E-state index in [-0.39, 0.29) is 67.6 Å². The number of aliphatic hydroxyl groups is 1. The third-order valence-electron chi connectivity index (χ3n) is 8.90. The molecule has 218 valence electrons. The molecule has 8 nitrogen and oxygen atoms in total. The van der Waals surface area contributed by atoms with Crippen LogP contribution in [-0.2, 0) is 0 Å². The molecule has 3 aliphatic heterocycles. The third-order valence-corrected chi connectivity index (χ3v) is 10.2. The van der Waals surface area contributed by atoms with Crippen molar-refractivity contribution < 1.29 is 23.0 Å². The molecular formula is C29H26ClF3N6O2S. The Bertz CT molecular complexity index is 1800. The zero-order chi connectivity index (χ0) is 29.3. The molecule has 0 saturated carbocycles. The molecule has 2 aromatic carbocycles. The Balaban J connectivity index is 1.39. The SMILES string of the molecule is N#Cc1c(N)sc2c(F)ccc(-c3c(Cl)cc4c(N5CCC5CO)nc(OC[C@@]56CCCN5C[C@H](F)C6)nc4c3F)c12. The number of alkyl halides is 1. The van der Waals surface area contributed by atoms with Crippen molar-refractivity contribution in [2.45, 2.75) is 43.4 Å². The van der Waals surface area contributed by atoms with E-state index in [1.165, 1.54) is 12.1 Å². The van der Waals surface area contributed by atoms with Gasteiger partial charge >= 0.3 is 6.01 Å². The van der Waals surface area contributed by atoms with Gasteiger partial charge in [-0.1, -0.05) is 17.7 Å². The minimum Gasteiger partial charge on any atom is -0.461 e. The van der Waals surface area contributed by atoms with Crippen molar-refractivity contribution in [1.82, 2.24) is 14.9 Å². The number of nitrogens with two attached hydrogens (primary N) is 1. The van der Waals surface area contributed by atoms with E-state index >= 15 is 4.39 Å². The first-order valence-corrected chi connectivity index (χ1v) is 14.9. The number of benzene rings is 2. The highest BCUT2D eigenvalue weighted by molar-refractivity contribution is 7.23. The van der Waals surface area contributed by atoms with Crippen molar-refractivity contribution in [2.24, 2.45) is 0 Å². The lowest BCUT2D eigenvalue weighted by Crippen LogP contribution is -2.50. The predicted octanol–water partition coefficient (Wildman–Crippen LogP) is 5.42. The summed E-state index contributed by atoms with van der Waals surface area (Å²) in [6.07, 6.45) is 1.86. The molecule has 0 amide bonds. The highest BCUT2D eigenvalue weighted by Gasteiger charge is 2.49. The predicted molar refractivity (Wildman–Crippen MR) is 156 cm³/mol. The molecule has 3 aliphatic rings. The van der Waals surface area contributed by atoms with E-state index in [4.69, 9.17) is 22.1 Å². The van der Waals surface area contributed by atoms with Crippen LogP contribution in [-0.4, -0.2) is 70.6 Å². The average Bonchev–Trinajstić information content (AvgIpc) is 3.58. The van der Waals surface area contributed by atoms with Gasteiger partial charge < -0.3 is 20.5 Å². The molecule has 0 radical (unpaired) electrons. The number of nitriles is 1. The summed E-state index contributed by atoms with van der Waals surface area (Å²) < 4.78 is 52.0. The topological polar surface area (TPSA) is 112 Å². The van der Waals surface area contributed by atoms with Crippen molar-refractivity contribution >= 4 is 54.7 Å². The molecule has 3 fully saturated rings. The van der Waals surface area contributed by atoms with Gasteiger partial charge in [0.2, 0.25) is 0 Å². The zero-order valence-electron chi connectivity index (χ0n) is 22.3. The average molecular weight is 615 g/mol. The lowest BCUT2D eigenvalue weighted by atomic mass is 9.95. The van der Waals surface area contributed by atoms with Crippen molar-refractivity contribution in [3.05, 3.63) is 40.4 Å². The number of nitrogen functional groups attached to an aromatic ring is 1. The van der Waals surface area contributed by atoms with Crippen LogP contribution < -0.4 is 15.4 Å². The summed E-state index contributed by atoms with van der Waals surface area (Å²) >= 11 is 7.62. The Kier molecular flexibility index (Phi) is 6.62. The second-order valence-electron chi connectivity index (χ2n) is 11.2. The van der Waals surface area contributed by atoms with E-state index in [2.05, 4.69) is 14.9 Å². The summed E-state index contributed by atoms with van der Waals surface area (Å²) in [5, 5.41) is 20.3. The van der Waals surface area contributed by atoms with Gasteiger partial charge in [0.1, 0.15) is 41.0 Å². The molecule has 4 aromatic rings. The molecule has 0 aliphatic carbocycles. The zero-order valence-corrected chi connectivity index (χ0v) is 23.9. The second kappa shape index (κ2) is 10.1. The number of hydrogen-bond acceptors (Lipinski definition) is 9. The summed E-state index contributed by atoms with van der Waals surface area (Å²) in [4.78, 5) is 13.0. The van der Waals surface area contributed by atoms with Crippen LogP contribution in [0.1, 0.15) is 31.2 Å². The normalized spacial score (nSPS) is 23.9. The van der Waals surface area contributed by atoms with Crippen LogP contribution in [0.15, 0.2) is 18.2 Å². The summed E-state index contributed by atoms with van der Waals surface area (Å²) in [6, 6.07) is 5.82. The van der Waals surface area contributed by atoms with Gasteiger partial charge in [0.05, 0.1) is 33.5 Å². The van der Waals surface area contributed by atoms with Gasteiger partial charge in [-0.05, 0) is 43.5 Å². The molecule has 3 saturated heterocycles. The van der Waals surface area contributed by atoms with Crippen LogP contribution in [0.4, 0.5) is 24.0 Å². The van der Waals surface area contributed by atoms with Crippen LogP contribution in [0, 0.1) is 23.0 Å². The number of thiophene rings is 1. The van der Waals surface area contributed by atoms with Gasteiger partial charge in [0.25, 0.3) is 0 Å². The highest BCUT2D eigenvalue weighted by Crippen LogP contribution is 2.46. The molecule has 7 rings (SSSR count). The van der Waals surface area contributed by atoms with Gasteiger partial charge in [-0.15, -0.1) is 11.3 Å². The molecule has 0 bridgehead atoms. The summed E-state index contributed by atoms with van der Waals surface area (Å²) in [5.74, 6) is -1.01. The van der Waals surface area contributed by atoms with Crippen LogP contribution in [0.25, 0.3) is 32.1 Å². The van der Waals surface area contributed by atoms with E-state index in [0.717, 1.165) is 37.1 Å². The minimum atomic E-state index is -0.937. The van der Waals surface area contributed by atoms with Crippen molar-refractivity contribution in [3.8, 4) is 23.2 Å². The van der Waals surface area contributed by atoms with Crippen molar-refractivity contribution in [3.63, 3.8) is 0 Å². The largest absolute Gasteiger partial charge is 0.461 e. The molecule has 5 heterocycles. The number of hydrogen-bond donors (Lipinski definition) is 2. The van der Waals surface area contributed by atoms with Crippen LogP contribution in [0.2, 0.25) is 5.02 Å². The fourth-order valence-electron chi connectivity index (χ4n) is 6.76. The van der Waals surface area contributed by atoms with Gasteiger partial charge in [-0.25, -0.2) is 13.2 Å². The van der Waals surface area contributed by atoms with Crippen LogP contribution in [0.5, 0.6) is 6.01 Å². The number of aromatic nitrogens is 2. The Hall–Kier alpha value is -3.37. The van der Waals surface area contributed by atoms with E-state index in [1.54, 1.807) is 6.07 Å². The highest BCUT2D eigenvalue weighted by atomic mass is 35.5. The number of rotatable bonds is 6. The fourth-order valence-corrected chi connectivity index (χ4v) is 8.00. The molecule has 2 aromatic heterocycles. The smallest absolute Gasteiger partial charge is 0.319 e. The fraction of sp³-hybridized carbons (Fsp3) is 0.414. The third kappa shape index (κ3) is 4.09. The minimum absolute atomic E-state index is 0.0154. The van der Waals surface area contributed by atoms with Crippen molar-refractivity contribution in [2.75, 3.05) is 43.5 Å². The van der Waals surface area contributed by atoms with Crippen LogP contribution >= 0.6 is 22.9 Å². The Morgan fingerprint density at radius 3 is 2.86 bits per heavy atom. The Morgan fingerprint density at radius 2 is 2.12 bits per heavy atom. The standard InChI is InChI=1S/C29H26ClF3N6O2S/c30-19-8-17-24(23(33)22(19)16-2-3-20(32)25-21(16)18(10-34)26(35)42-25)36-28(37-27(17)39-7-4-15(39)12-40)41-13-29-5-1-6-38(29)11-14(31)9-29/h2-3,8,14-15,40H,1,4-7,9,11-13,35H2/t14-,15?,29+/m1/s1. The lowest BCUT2D eigenvalue weighted by Gasteiger charge is -2.41. The first-order valence-electron chi connectivity index (χ1n) is 13.7. The Morgan fingerprint density at radius 1 is 1.29 bits per heavy atom.